The van der Waals surface area contributed by atoms with Crippen molar-refractivity contribution in [3.05, 3.63) is 31.6 Å². The standard InChI is InChI=1S/C10H11Br2NO/c11-8-5-9(12)10(14)13(6-8)4-3-7-1-2-7/h5-7H,1-4H2. The normalized spacial score (nSPS) is 15.9. The largest absolute Gasteiger partial charge is 0.313 e. The molecule has 1 heterocycles. The molecule has 0 saturated heterocycles. The molecule has 1 saturated carbocycles. The Bertz CT molecular complexity index is 396. The maximum absolute atomic E-state index is 11.6. The number of hydrogen-bond donors (Lipinski definition) is 0. The molecule has 0 aromatic carbocycles. The third-order valence-electron chi connectivity index (χ3n) is 2.48. The highest BCUT2D eigenvalue weighted by molar-refractivity contribution is 9.11. The molecule has 0 aliphatic heterocycles. The molecule has 1 aromatic rings. The second-order valence-corrected chi connectivity index (χ2v) is 5.51. The van der Waals surface area contributed by atoms with Crippen LogP contribution >= 0.6 is 31.9 Å². The van der Waals surface area contributed by atoms with Gasteiger partial charge in [-0.25, -0.2) is 0 Å². The molecule has 2 nitrogen and oxygen atoms in total. The minimum atomic E-state index is 0.0638. The number of aromatic nitrogens is 1. The van der Waals surface area contributed by atoms with Gasteiger partial charge in [-0.05, 0) is 50.3 Å². The first-order valence-corrected chi connectivity index (χ1v) is 6.31. The summed E-state index contributed by atoms with van der Waals surface area (Å²) in [4.78, 5) is 11.6. The van der Waals surface area contributed by atoms with Crippen LogP contribution in [-0.4, -0.2) is 4.57 Å². The van der Waals surface area contributed by atoms with Gasteiger partial charge in [0, 0.05) is 17.2 Å². The minimum Gasteiger partial charge on any atom is -0.313 e. The van der Waals surface area contributed by atoms with Crippen LogP contribution in [0.4, 0.5) is 0 Å². The number of nitrogens with zero attached hydrogens (tertiary/aromatic N) is 1. The molecule has 14 heavy (non-hydrogen) atoms. The van der Waals surface area contributed by atoms with Crippen molar-refractivity contribution < 1.29 is 0 Å². The van der Waals surface area contributed by atoms with Gasteiger partial charge in [0.25, 0.3) is 5.56 Å². The summed E-state index contributed by atoms with van der Waals surface area (Å²) in [5.74, 6) is 0.861. The Labute approximate surface area is 99.6 Å². The van der Waals surface area contributed by atoms with Crippen molar-refractivity contribution in [2.45, 2.75) is 25.8 Å². The van der Waals surface area contributed by atoms with E-state index in [4.69, 9.17) is 0 Å². The average Bonchev–Trinajstić information content (AvgIpc) is 2.92. The summed E-state index contributed by atoms with van der Waals surface area (Å²) < 4.78 is 3.34. The summed E-state index contributed by atoms with van der Waals surface area (Å²) in [5, 5.41) is 0. The van der Waals surface area contributed by atoms with Gasteiger partial charge in [0.05, 0.1) is 4.47 Å². The Kier molecular flexibility index (Phi) is 3.12. The van der Waals surface area contributed by atoms with E-state index in [1.807, 2.05) is 6.20 Å². The summed E-state index contributed by atoms with van der Waals surface area (Å²) in [5.41, 5.74) is 0.0638. The van der Waals surface area contributed by atoms with Crippen LogP contribution < -0.4 is 5.56 Å². The summed E-state index contributed by atoms with van der Waals surface area (Å²) >= 11 is 6.64. The lowest BCUT2D eigenvalue weighted by Crippen LogP contribution is -2.20. The fourth-order valence-electron chi connectivity index (χ4n) is 1.46. The fraction of sp³-hybridized carbons (Fsp3) is 0.500. The molecular weight excluding hydrogens is 310 g/mol. The lowest BCUT2D eigenvalue weighted by atomic mass is 10.3. The third kappa shape index (κ3) is 2.48. The lowest BCUT2D eigenvalue weighted by Gasteiger charge is -2.06. The molecule has 4 heteroatoms. The van der Waals surface area contributed by atoms with Gasteiger partial charge in [-0.15, -0.1) is 0 Å². The summed E-state index contributed by atoms with van der Waals surface area (Å²) in [6, 6.07) is 1.79. The van der Waals surface area contributed by atoms with Gasteiger partial charge in [-0.3, -0.25) is 4.79 Å². The zero-order valence-electron chi connectivity index (χ0n) is 7.67. The second-order valence-electron chi connectivity index (χ2n) is 3.74. The quantitative estimate of drug-likeness (QED) is 0.838. The van der Waals surface area contributed by atoms with Crippen molar-refractivity contribution in [2.24, 2.45) is 5.92 Å². The molecule has 1 aliphatic carbocycles. The molecule has 76 valence electrons. The van der Waals surface area contributed by atoms with Crippen LogP contribution in [0, 0.1) is 5.92 Å². The van der Waals surface area contributed by atoms with Crippen molar-refractivity contribution in [1.29, 1.82) is 0 Å². The second kappa shape index (κ2) is 4.19. The van der Waals surface area contributed by atoms with Gasteiger partial charge in [0.15, 0.2) is 0 Å². The summed E-state index contributed by atoms with van der Waals surface area (Å²) in [6.07, 6.45) is 5.66. The van der Waals surface area contributed by atoms with E-state index < -0.39 is 0 Å². The highest BCUT2D eigenvalue weighted by Gasteiger charge is 2.20. The molecule has 0 unspecified atom stereocenters. The molecule has 1 aromatic heterocycles. The monoisotopic (exact) mass is 319 g/mol. The van der Waals surface area contributed by atoms with Crippen LogP contribution in [0.2, 0.25) is 0 Å². The molecular formula is C10H11Br2NO. The fourth-order valence-corrected chi connectivity index (χ4v) is 2.72. The first-order chi connectivity index (χ1) is 6.66. The van der Waals surface area contributed by atoms with Gasteiger partial charge in [-0.2, -0.15) is 0 Å². The Morgan fingerprint density at radius 3 is 2.79 bits per heavy atom. The summed E-state index contributed by atoms with van der Waals surface area (Å²) in [6.45, 7) is 0.835. The third-order valence-corrected chi connectivity index (χ3v) is 3.49. The molecule has 0 amide bonds. The number of hydrogen-bond acceptors (Lipinski definition) is 1. The molecule has 0 spiro atoms. The van der Waals surface area contributed by atoms with Gasteiger partial charge in [0.1, 0.15) is 0 Å². The lowest BCUT2D eigenvalue weighted by molar-refractivity contribution is 0.579. The molecule has 2 rings (SSSR count). The zero-order valence-corrected chi connectivity index (χ0v) is 10.8. The first kappa shape index (κ1) is 10.4. The Morgan fingerprint density at radius 1 is 1.43 bits per heavy atom. The molecule has 0 atom stereocenters. The Morgan fingerprint density at radius 2 is 2.14 bits per heavy atom. The molecule has 0 radical (unpaired) electrons. The van der Waals surface area contributed by atoms with Gasteiger partial charge in [-0.1, -0.05) is 12.8 Å². The molecule has 1 aliphatic rings. The summed E-state index contributed by atoms with van der Waals surface area (Å²) in [7, 11) is 0. The topological polar surface area (TPSA) is 22.0 Å². The Balaban J connectivity index is 2.17. The van der Waals surface area contributed by atoms with Crippen LogP contribution in [0.15, 0.2) is 26.0 Å². The number of rotatable bonds is 3. The number of halogens is 2. The highest BCUT2D eigenvalue weighted by Crippen LogP contribution is 2.32. The SMILES string of the molecule is O=c1c(Br)cc(Br)cn1CCC1CC1. The minimum absolute atomic E-state index is 0.0638. The van der Waals surface area contributed by atoms with Gasteiger partial charge < -0.3 is 4.57 Å². The van der Waals surface area contributed by atoms with Gasteiger partial charge in [0.2, 0.25) is 0 Å². The van der Waals surface area contributed by atoms with Crippen molar-refractivity contribution in [2.75, 3.05) is 0 Å². The van der Waals surface area contributed by atoms with E-state index in [0.717, 1.165) is 23.4 Å². The van der Waals surface area contributed by atoms with Crippen molar-refractivity contribution in [1.82, 2.24) is 4.57 Å². The highest BCUT2D eigenvalue weighted by atomic mass is 79.9. The average molecular weight is 321 g/mol. The van der Waals surface area contributed by atoms with E-state index in [9.17, 15) is 4.79 Å². The van der Waals surface area contributed by atoms with Crippen LogP contribution in [0.25, 0.3) is 0 Å². The van der Waals surface area contributed by atoms with Crippen LogP contribution in [0.3, 0.4) is 0 Å². The molecule has 0 N–H and O–H groups in total. The molecule has 1 fully saturated rings. The number of aryl methyl sites for hydroxylation is 1. The van der Waals surface area contributed by atoms with Crippen LogP contribution in [0.1, 0.15) is 19.3 Å². The zero-order chi connectivity index (χ0) is 10.1. The van der Waals surface area contributed by atoms with Crippen molar-refractivity contribution in [3.8, 4) is 0 Å². The number of pyridine rings is 1. The van der Waals surface area contributed by atoms with E-state index in [1.54, 1.807) is 10.6 Å². The maximum atomic E-state index is 11.6. The van der Waals surface area contributed by atoms with E-state index in [0.29, 0.717) is 4.47 Å². The maximum Gasteiger partial charge on any atom is 0.264 e. The van der Waals surface area contributed by atoms with Gasteiger partial charge >= 0.3 is 0 Å². The predicted molar refractivity (Wildman–Crippen MR) is 63.4 cm³/mol. The van der Waals surface area contributed by atoms with E-state index in [2.05, 4.69) is 31.9 Å². The predicted octanol–water partition coefficient (Wildman–Crippen LogP) is 3.17. The first-order valence-electron chi connectivity index (χ1n) is 4.72. The van der Waals surface area contributed by atoms with Crippen molar-refractivity contribution in [3.63, 3.8) is 0 Å². The van der Waals surface area contributed by atoms with Crippen LogP contribution in [-0.2, 0) is 6.54 Å². The van der Waals surface area contributed by atoms with Crippen molar-refractivity contribution >= 4 is 31.9 Å². The van der Waals surface area contributed by atoms with E-state index >= 15 is 0 Å². The molecule has 0 bridgehead atoms. The Hall–Kier alpha value is -0.0900. The van der Waals surface area contributed by atoms with Crippen LogP contribution in [0.5, 0.6) is 0 Å². The van der Waals surface area contributed by atoms with E-state index in [-0.39, 0.29) is 5.56 Å². The van der Waals surface area contributed by atoms with E-state index in [1.165, 1.54) is 12.8 Å². The smallest absolute Gasteiger partial charge is 0.264 e.